The van der Waals surface area contributed by atoms with Gasteiger partial charge in [-0.1, -0.05) is 34.1 Å². The molecule has 0 aliphatic rings. The number of hydrogen-bond acceptors (Lipinski definition) is 2. The molecule has 0 aromatic rings. The summed E-state index contributed by atoms with van der Waals surface area (Å²) in [4.78, 5) is 0. The Morgan fingerprint density at radius 1 is 0.783 bits per heavy atom. The molecule has 0 aromatic heterocycles. The molecule has 0 amide bonds. The molecule has 0 heterocycles. The molecule has 0 radical (unpaired) electrons. The second-order valence-corrected chi connectivity index (χ2v) is 10.5. The van der Waals surface area contributed by atoms with E-state index in [0.29, 0.717) is 5.41 Å². The van der Waals surface area contributed by atoms with Gasteiger partial charge in [-0.25, -0.2) is 0 Å². The highest BCUT2D eigenvalue weighted by molar-refractivity contribution is 4.95. The van der Waals surface area contributed by atoms with E-state index in [0.717, 1.165) is 12.3 Å². The highest BCUT2D eigenvalue weighted by Gasteiger charge is 2.38. The smallest absolute Gasteiger partial charge is 0.0647 e. The van der Waals surface area contributed by atoms with Gasteiger partial charge in [0, 0.05) is 11.1 Å². The van der Waals surface area contributed by atoms with E-state index in [1.165, 1.54) is 12.8 Å². The van der Waals surface area contributed by atoms with Crippen molar-refractivity contribution in [3.8, 4) is 0 Å². The van der Waals surface area contributed by atoms with Crippen molar-refractivity contribution in [2.75, 3.05) is 0 Å². The largest absolute Gasteiger partial charge is 0.373 e. The fraction of sp³-hybridized carbons (Fsp3) is 1.00. The van der Waals surface area contributed by atoms with Gasteiger partial charge in [-0.15, -0.1) is 0 Å². The Morgan fingerprint density at radius 2 is 1.22 bits per heavy atom. The van der Waals surface area contributed by atoms with E-state index < -0.39 is 0 Å². The molecule has 0 aliphatic carbocycles. The fourth-order valence-corrected chi connectivity index (χ4v) is 4.61. The topological polar surface area (TPSA) is 21.3 Å². The lowest BCUT2D eigenvalue weighted by molar-refractivity contribution is -0.0747. The second-order valence-electron chi connectivity index (χ2n) is 10.5. The van der Waals surface area contributed by atoms with Gasteiger partial charge in [0.05, 0.1) is 11.7 Å². The molecule has 1 N–H and O–H groups in total. The number of ether oxygens (including phenoxy) is 1. The molecule has 0 saturated heterocycles. The van der Waals surface area contributed by atoms with Crippen LogP contribution in [0.3, 0.4) is 0 Å². The van der Waals surface area contributed by atoms with Crippen LogP contribution in [0, 0.1) is 11.3 Å². The molecule has 0 bridgehead atoms. The fourth-order valence-electron chi connectivity index (χ4n) is 4.61. The molecule has 0 saturated carbocycles. The van der Waals surface area contributed by atoms with Crippen molar-refractivity contribution in [3.63, 3.8) is 0 Å². The zero-order chi connectivity index (χ0) is 18.7. The zero-order valence-electron chi connectivity index (χ0n) is 18.2. The summed E-state index contributed by atoms with van der Waals surface area (Å²) in [6.45, 7) is 27.4. The summed E-state index contributed by atoms with van der Waals surface area (Å²) < 4.78 is 6.10. The van der Waals surface area contributed by atoms with Crippen LogP contribution in [-0.4, -0.2) is 22.8 Å². The van der Waals surface area contributed by atoms with Crippen LogP contribution in [0.4, 0.5) is 0 Å². The molecule has 23 heavy (non-hydrogen) atoms. The SMILES string of the molecule is CCC(C)C(C)(C)CC(C)(C)NC(C)(C)CC(C)(C)OC(C)C. The number of hydrogen-bond donors (Lipinski definition) is 1. The van der Waals surface area contributed by atoms with Crippen molar-refractivity contribution in [2.24, 2.45) is 11.3 Å². The van der Waals surface area contributed by atoms with Gasteiger partial charge >= 0.3 is 0 Å². The van der Waals surface area contributed by atoms with Crippen molar-refractivity contribution in [1.82, 2.24) is 5.32 Å². The number of rotatable bonds is 10. The lowest BCUT2D eigenvalue weighted by Crippen LogP contribution is -2.56. The summed E-state index contributed by atoms with van der Waals surface area (Å²) >= 11 is 0. The lowest BCUT2D eigenvalue weighted by atomic mass is 9.70. The summed E-state index contributed by atoms with van der Waals surface area (Å²) in [5.41, 5.74) is 0.357. The van der Waals surface area contributed by atoms with Gasteiger partial charge in [-0.3, -0.25) is 0 Å². The third-order valence-corrected chi connectivity index (χ3v) is 4.94. The summed E-state index contributed by atoms with van der Waals surface area (Å²) in [7, 11) is 0. The van der Waals surface area contributed by atoms with Crippen molar-refractivity contribution < 1.29 is 4.74 Å². The molecule has 0 aromatic carbocycles. The molecular weight excluding hydrogens is 282 g/mol. The minimum Gasteiger partial charge on any atom is -0.373 e. The van der Waals surface area contributed by atoms with Crippen molar-refractivity contribution >= 4 is 0 Å². The van der Waals surface area contributed by atoms with Gasteiger partial charge in [0.25, 0.3) is 0 Å². The predicted molar refractivity (Wildman–Crippen MR) is 104 cm³/mol. The number of nitrogens with one attached hydrogen (secondary N) is 1. The van der Waals surface area contributed by atoms with Gasteiger partial charge < -0.3 is 10.1 Å². The van der Waals surface area contributed by atoms with Gasteiger partial charge in [-0.2, -0.15) is 0 Å². The Bertz CT molecular complexity index is 353. The first-order valence-electron chi connectivity index (χ1n) is 9.49. The molecule has 0 spiro atoms. The van der Waals surface area contributed by atoms with Crippen LogP contribution in [0.25, 0.3) is 0 Å². The summed E-state index contributed by atoms with van der Waals surface area (Å²) in [6, 6.07) is 0. The molecule has 0 rings (SSSR count). The third-order valence-electron chi connectivity index (χ3n) is 4.94. The molecule has 1 atom stereocenters. The Hall–Kier alpha value is -0.0800. The van der Waals surface area contributed by atoms with E-state index in [4.69, 9.17) is 4.74 Å². The van der Waals surface area contributed by atoms with Crippen molar-refractivity contribution in [3.05, 3.63) is 0 Å². The summed E-state index contributed by atoms with van der Waals surface area (Å²) in [5, 5.41) is 3.92. The van der Waals surface area contributed by atoms with Crippen LogP contribution in [-0.2, 0) is 4.74 Å². The van der Waals surface area contributed by atoms with E-state index in [1.807, 2.05) is 0 Å². The first kappa shape index (κ1) is 22.9. The monoisotopic (exact) mass is 327 g/mol. The van der Waals surface area contributed by atoms with Crippen LogP contribution in [0.1, 0.15) is 102 Å². The molecule has 2 nitrogen and oxygen atoms in total. The molecular formula is C21H45NO. The highest BCUT2D eigenvalue weighted by atomic mass is 16.5. The van der Waals surface area contributed by atoms with E-state index in [9.17, 15) is 0 Å². The average molecular weight is 328 g/mol. The Labute approximate surface area is 147 Å². The predicted octanol–water partition coefficient (Wildman–Crippen LogP) is 6.19. The lowest BCUT2D eigenvalue weighted by Gasteiger charge is -2.46. The van der Waals surface area contributed by atoms with Crippen LogP contribution < -0.4 is 5.32 Å². The maximum atomic E-state index is 6.10. The minimum absolute atomic E-state index is 0.0351. The molecule has 1 unspecified atom stereocenters. The van der Waals surface area contributed by atoms with Crippen molar-refractivity contribution in [1.29, 1.82) is 0 Å². The van der Waals surface area contributed by atoms with Gasteiger partial charge in [0.2, 0.25) is 0 Å². The van der Waals surface area contributed by atoms with E-state index in [1.54, 1.807) is 0 Å². The van der Waals surface area contributed by atoms with E-state index in [-0.39, 0.29) is 22.8 Å². The Balaban J connectivity index is 4.92. The Morgan fingerprint density at radius 3 is 1.61 bits per heavy atom. The first-order chi connectivity index (χ1) is 10.0. The molecule has 2 heteroatoms. The van der Waals surface area contributed by atoms with Crippen LogP contribution in [0.5, 0.6) is 0 Å². The third kappa shape index (κ3) is 9.10. The second kappa shape index (κ2) is 7.87. The maximum absolute atomic E-state index is 6.10. The minimum atomic E-state index is -0.118. The average Bonchev–Trinajstić information content (AvgIpc) is 2.19. The highest BCUT2D eigenvalue weighted by Crippen LogP contribution is 2.38. The van der Waals surface area contributed by atoms with Crippen LogP contribution in [0.15, 0.2) is 0 Å². The van der Waals surface area contributed by atoms with Crippen LogP contribution >= 0.6 is 0 Å². The van der Waals surface area contributed by atoms with Crippen LogP contribution in [0.2, 0.25) is 0 Å². The molecule has 0 aliphatic heterocycles. The Kier molecular flexibility index (Phi) is 7.84. The molecule has 140 valence electrons. The standard InChI is InChI=1S/C21H45NO/c1-13-17(4)18(5,6)14-19(7,8)22-20(9,10)15-21(11,12)23-16(2)3/h16-17,22H,13-15H2,1-12H3. The first-order valence-corrected chi connectivity index (χ1v) is 9.49. The quantitative estimate of drug-likeness (QED) is 0.516. The van der Waals surface area contributed by atoms with Gasteiger partial charge in [-0.05, 0) is 79.6 Å². The van der Waals surface area contributed by atoms with Crippen molar-refractivity contribution in [2.45, 2.75) is 125 Å². The molecule has 0 fully saturated rings. The summed E-state index contributed by atoms with van der Waals surface area (Å²) in [6.07, 6.45) is 3.66. The zero-order valence-corrected chi connectivity index (χ0v) is 18.2. The van der Waals surface area contributed by atoms with E-state index >= 15 is 0 Å². The maximum Gasteiger partial charge on any atom is 0.0647 e. The normalized spacial score (nSPS) is 16.0. The van der Waals surface area contributed by atoms with Gasteiger partial charge in [0.15, 0.2) is 0 Å². The van der Waals surface area contributed by atoms with Gasteiger partial charge in [0.1, 0.15) is 0 Å². The summed E-state index contributed by atoms with van der Waals surface area (Å²) in [5.74, 6) is 0.729. The van der Waals surface area contributed by atoms with E-state index in [2.05, 4.69) is 88.4 Å².